The topological polar surface area (TPSA) is 72.6 Å². The van der Waals surface area contributed by atoms with Crippen LogP contribution in [0.3, 0.4) is 0 Å². The van der Waals surface area contributed by atoms with E-state index in [1.807, 2.05) is 11.0 Å². The van der Waals surface area contributed by atoms with Crippen LogP contribution in [0, 0.1) is 0 Å². The number of primary amides is 1. The molecular formula is C20H28N2O3. The first-order valence-electron chi connectivity index (χ1n) is 9.44. The molecule has 0 aromatic heterocycles. The molecular weight excluding hydrogens is 316 g/mol. The Morgan fingerprint density at radius 1 is 1.08 bits per heavy atom. The molecule has 5 heteroatoms. The van der Waals surface area contributed by atoms with Crippen LogP contribution in [0.1, 0.15) is 50.5 Å². The number of hydrogen-bond donors (Lipinski definition) is 1. The lowest BCUT2D eigenvalue weighted by molar-refractivity contribution is -0.149. The van der Waals surface area contributed by atoms with E-state index in [1.165, 1.54) is 12.0 Å². The molecule has 1 aromatic carbocycles. The summed E-state index contributed by atoms with van der Waals surface area (Å²) in [5.41, 5.74) is 6.64. The molecule has 0 spiro atoms. The number of aryl methyl sites for hydroxylation is 1. The highest BCUT2D eigenvalue weighted by Crippen LogP contribution is 2.27. The van der Waals surface area contributed by atoms with Gasteiger partial charge in [0, 0.05) is 12.6 Å². The van der Waals surface area contributed by atoms with Gasteiger partial charge in [0.25, 0.3) is 5.91 Å². The maximum atomic E-state index is 12.9. The van der Waals surface area contributed by atoms with Gasteiger partial charge in [-0.25, -0.2) is 0 Å². The second-order valence-corrected chi connectivity index (χ2v) is 7.15. The zero-order valence-electron chi connectivity index (χ0n) is 14.7. The smallest absolute Gasteiger partial charge is 0.251 e. The molecule has 0 radical (unpaired) electrons. The summed E-state index contributed by atoms with van der Waals surface area (Å²) in [5.74, 6) is -0.415. The van der Waals surface area contributed by atoms with Crippen LogP contribution < -0.4 is 5.73 Å². The van der Waals surface area contributed by atoms with Gasteiger partial charge in [-0.05, 0) is 56.9 Å². The lowest BCUT2D eigenvalue weighted by Gasteiger charge is -2.37. The van der Waals surface area contributed by atoms with Crippen molar-refractivity contribution in [2.24, 2.45) is 5.73 Å². The first kappa shape index (κ1) is 17.9. The normalized spacial score (nSPS) is 26.6. The van der Waals surface area contributed by atoms with E-state index in [0.29, 0.717) is 18.9 Å². The summed E-state index contributed by atoms with van der Waals surface area (Å²) < 4.78 is 5.59. The highest BCUT2D eigenvalue weighted by atomic mass is 16.5. The van der Waals surface area contributed by atoms with E-state index in [-0.39, 0.29) is 5.91 Å². The molecule has 2 N–H and O–H groups in total. The Hall–Kier alpha value is -1.88. The van der Waals surface area contributed by atoms with Gasteiger partial charge >= 0.3 is 0 Å². The summed E-state index contributed by atoms with van der Waals surface area (Å²) >= 11 is 0. The van der Waals surface area contributed by atoms with Crippen LogP contribution in [0.5, 0.6) is 0 Å². The molecule has 2 aliphatic heterocycles. The Labute approximate surface area is 149 Å². The van der Waals surface area contributed by atoms with Crippen LogP contribution in [0.4, 0.5) is 0 Å². The van der Waals surface area contributed by atoms with Crippen LogP contribution in [-0.4, -0.2) is 41.5 Å². The zero-order valence-corrected chi connectivity index (χ0v) is 14.7. The maximum Gasteiger partial charge on any atom is 0.251 e. The lowest BCUT2D eigenvalue weighted by Crippen LogP contribution is -2.48. The van der Waals surface area contributed by atoms with Crippen molar-refractivity contribution in [1.29, 1.82) is 0 Å². The van der Waals surface area contributed by atoms with Crippen molar-refractivity contribution in [3.8, 4) is 0 Å². The molecule has 2 saturated heterocycles. The predicted molar refractivity (Wildman–Crippen MR) is 95.8 cm³/mol. The van der Waals surface area contributed by atoms with Gasteiger partial charge in [0.15, 0.2) is 0 Å². The van der Waals surface area contributed by atoms with E-state index < -0.39 is 18.1 Å². The standard InChI is InChI=1S/C20H28N2O3/c21-19(23)17-12-13-18(25-17)20(24)22-14-5-4-10-16(22)11-6-9-15-7-2-1-3-8-15/h1-3,7-8,16-18H,4-6,9-14H2,(H2,21,23)/t16-,17-,18+/m0/s1. The summed E-state index contributed by atoms with van der Waals surface area (Å²) in [7, 11) is 0. The summed E-state index contributed by atoms with van der Waals surface area (Å²) in [6, 6.07) is 10.8. The first-order valence-corrected chi connectivity index (χ1v) is 9.44. The number of hydrogen-bond acceptors (Lipinski definition) is 3. The number of nitrogens with two attached hydrogens (primary N) is 1. The fraction of sp³-hybridized carbons (Fsp3) is 0.600. The highest BCUT2D eigenvalue weighted by molar-refractivity contribution is 5.84. The molecule has 2 aliphatic rings. The average Bonchev–Trinajstić information content (AvgIpc) is 3.13. The van der Waals surface area contributed by atoms with E-state index >= 15 is 0 Å². The maximum absolute atomic E-state index is 12.9. The molecule has 1 aromatic rings. The van der Waals surface area contributed by atoms with E-state index in [2.05, 4.69) is 24.3 Å². The Bertz CT molecular complexity index is 590. The van der Waals surface area contributed by atoms with Gasteiger partial charge in [0.05, 0.1) is 0 Å². The van der Waals surface area contributed by atoms with Gasteiger partial charge in [-0.1, -0.05) is 30.3 Å². The Balaban J connectivity index is 1.53. The lowest BCUT2D eigenvalue weighted by atomic mass is 9.95. The number of carbonyl (C=O) groups is 2. The van der Waals surface area contributed by atoms with Crippen molar-refractivity contribution in [3.63, 3.8) is 0 Å². The van der Waals surface area contributed by atoms with Crippen molar-refractivity contribution >= 4 is 11.8 Å². The Morgan fingerprint density at radius 3 is 2.56 bits per heavy atom. The quantitative estimate of drug-likeness (QED) is 0.861. The monoisotopic (exact) mass is 344 g/mol. The molecule has 0 bridgehead atoms. The number of likely N-dealkylation sites (tertiary alicyclic amines) is 1. The Morgan fingerprint density at radius 2 is 1.84 bits per heavy atom. The second-order valence-electron chi connectivity index (χ2n) is 7.15. The molecule has 2 heterocycles. The molecule has 3 rings (SSSR count). The van der Waals surface area contributed by atoms with Crippen molar-refractivity contribution in [1.82, 2.24) is 4.90 Å². The van der Waals surface area contributed by atoms with Crippen LogP contribution in [-0.2, 0) is 20.7 Å². The third kappa shape index (κ3) is 4.60. The third-order valence-corrected chi connectivity index (χ3v) is 5.37. The van der Waals surface area contributed by atoms with E-state index in [9.17, 15) is 9.59 Å². The van der Waals surface area contributed by atoms with E-state index in [1.54, 1.807) is 0 Å². The molecule has 0 unspecified atom stereocenters. The van der Waals surface area contributed by atoms with Crippen LogP contribution in [0.2, 0.25) is 0 Å². The van der Waals surface area contributed by atoms with Gasteiger partial charge < -0.3 is 15.4 Å². The van der Waals surface area contributed by atoms with Gasteiger partial charge in [-0.2, -0.15) is 0 Å². The molecule has 2 fully saturated rings. The summed E-state index contributed by atoms with van der Waals surface area (Å²) in [6.07, 6.45) is 6.48. The molecule has 0 aliphatic carbocycles. The van der Waals surface area contributed by atoms with Crippen LogP contribution in [0.25, 0.3) is 0 Å². The minimum absolute atomic E-state index is 0.0492. The van der Waals surface area contributed by atoms with Crippen molar-refractivity contribution in [2.45, 2.75) is 69.6 Å². The van der Waals surface area contributed by atoms with Crippen LogP contribution in [0.15, 0.2) is 30.3 Å². The van der Waals surface area contributed by atoms with Gasteiger partial charge in [-0.3, -0.25) is 9.59 Å². The fourth-order valence-corrected chi connectivity index (χ4v) is 3.99. The predicted octanol–water partition coefficient (Wildman–Crippen LogP) is 2.42. The van der Waals surface area contributed by atoms with Crippen molar-refractivity contribution < 1.29 is 14.3 Å². The number of rotatable bonds is 6. The Kier molecular flexibility index (Phi) is 6.08. The highest BCUT2D eigenvalue weighted by Gasteiger charge is 2.38. The van der Waals surface area contributed by atoms with Crippen LogP contribution >= 0.6 is 0 Å². The summed E-state index contributed by atoms with van der Waals surface area (Å²) in [5, 5.41) is 0. The van der Waals surface area contributed by atoms with Gasteiger partial charge in [-0.15, -0.1) is 0 Å². The largest absolute Gasteiger partial charge is 0.367 e. The number of carbonyl (C=O) groups excluding carboxylic acids is 2. The third-order valence-electron chi connectivity index (χ3n) is 5.37. The molecule has 2 amide bonds. The zero-order chi connectivity index (χ0) is 17.6. The number of amides is 2. The van der Waals surface area contributed by atoms with Crippen molar-refractivity contribution in [2.75, 3.05) is 6.54 Å². The molecule has 5 nitrogen and oxygen atoms in total. The number of ether oxygens (including phenoxy) is 1. The number of nitrogens with zero attached hydrogens (tertiary/aromatic N) is 1. The van der Waals surface area contributed by atoms with Crippen molar-refractivity contribution in [3.05, 3.63) is 35.9 Å². The van der Waals surface area contributed by atoms with Gasteiger partial charge in [0.2, 0.25) is 5.91 Å². The average molecular weight is 344 g/mol. The molecule has 3 atom stereocenters. The SMILES string of the molecule is NC(=O)[C@@H]1CC[C@H](C(=O)N2CCCC[C@H]2CCCc2ccccc2)O1. The minimum Gasteiger partial charge on any atom is -0.367 e. The summed E-state index contributed by atoms with van der Waals surface area (Å²) in [4.78, 5) is 26.1. The summed E-state index contributed by atoms with van der Waals surface area (Å²) in [6.45, 7) is 0.802. The number of benzene rings is 1. The van der Waals surface area contributed by atoms with Gasteiger partial charge in [0.1, 0.15) is 12.2 Å². The molecule has 0 saturated carbocycles. The van der Waals surface area contributed by atoms with E-state index in [0.717, 1.165) is 38.6 Å². The molecule has 25 heavy (non-hydrogen) atoms. The minimum atomic E-state index is -0.602. The second kappa shape index (κ2) is 8.48. The number of piperidine rings is 1. The van der Waals surface area contributed by atoms with E-state index in [4.69, 9.17) is 10.5 Å². The fourth-order valence-electron chi connectivity index (χ4n) is 3.99. The first-order chi connectivity index (χ1) is 12.1. The molecule has 136 valence electrons.